The number of pyridine rings is 1. The Morgan fingerprint density at radius 2 is 2.14 bits per heavy atom. The molecule has 0 atom stereocenters. The minimum absolute atomic E-state index is 0.272. The number of anilines is 2. The maximum absolute atomic E-state index is 13.1. The van der Waals surface area contributed by atoms with Gasteiger partial charge in [-0.05, 0) is 53.3 Å². The lowest BCUT2D eigenvalue weighted by molar-refractivity contribution is 0.102. The summed E-state index contributed by atoms with van der Waals surface area (Å²) in [6, 6.07) is 6.00. The van der Waals surface area contributed by atoms with Crippen LogP contribution in [0.5, 0.6) is 0 Å². The van der Waals surface area contributed by atoms with E-state index in [0.29, 0.717) is 14.8 Å². The summed E-state index contributed by atoms with van der Waals surface area (Å²) in [6.45, 7) is 2.83. The molecule has 0 aliphatic heterocycles. The van der Waals surface area contributed by atoms with Crippen molar-refractivity contribution in [3.05, 3.63) is 51.6 Å². The summed E-state index contributed by atoms with van der Waals surface area (Å²) in [4.78, 5) is 16.3. The molecule has 0 aliphatic carbocycles. The Balaban J connectivity index is 2.20. The highest BCUT2D eigenvalue weighted by Crippen LogP contribution is 2.21. The number of nitrogens with one attached hydrogen (secondary N) is 2. The van der Waals surface area contributed by atoms with Crippen molar-refractivity contribution in [2.75, 3.05) is 17.2 Å². The topological polar surface area (TPSA) is 54.0 Å². The third-order valence-corrected chi connectivity index (χ3v) is 3.70. The molecule has 1 heterocycles. The van der Waals surface area contributed by atoms with Crippen molar-refractivity contribution in [3.63, 3.8) is 0 Å². The number of hydrogen-bond acceptors (Lipinski definition) is 3. The normalized spacial score (nSPS) is 10.2. The first-order valence-corrected chi connectivity index (χ1v) is 7.64. The largest absolute Gasteiger partial charge is 0.384 e. The molecule has 0 saturated carbocycles. The molecule has 0 bridgehead atoms. The molecule has 0 fully saturated rings. The van der Waals surface area contributed by atoms with E-state index in [1.807, 2.05) is 22.6 Å². The van der Waals surface area contributed by atoms with Gasteiger partial charge in [0.05, 0.1) is 16.9 Å². The molecular weight excluding hydrogens is 384 g/mol. The van der Waals surface area contributed by atoms with Crippen molar-refractivity contribution in [1.29, 1.82) is 0 Å². The van der Waals surface area contributed by atoms with Crippen molar-refractivity contribution < 1.29 is 9.18 Å². The second kappa shape index (κ2) is 7.35. The van der Waals surface area contributed by atoms with E-state index in [4.69, 9.17) is 0 Å². The summed E-state index contributed by atoms with van der Waals surface area (Å²) in [6.07, 6.45) is 4.11. The molecule has 110 valence electrons. The van der Waals surface area contributed by atoms with Crippen LogP contribution < -0.4 is 10.6 Å². The summed E-state index contributed by atoms with van der Waals surface area (Å²) >= 11 is 1.98. The molecule has 21 heavy (non-hydrogen) atoms. The summed E-state index contributed by atoms with van der Waals surface area (Å²) in [5.41, 5.74) is 1.78. The Hall–Kier alpha value is -1.70. The predicted octanol–water partition coefficient (Wildman–Crippen LogP) is 3.90. The lowest BCUT2D eigenvalue weighted by Gasteiger charge is -2.12. The summed E-state index contributed by atoms with van der Waals surface area (Å²) in [5, 5.41) is 5.97. The van der Waals surface area contributed by atoms with Gasteiger partial charge in [-0.15, -0.1) is 0 Å². The predicted molar refractivity (Wildman–Crippen MR) is 90.1 cm³/mol. The molecule has 1 aromatic heterocycles. The third kappa shape index (κ3) is 4.13. The molecule has 4 nitrogen and oxygen atoms in total. The van der Waals surface area contributed by atoms with E-state index in [-0.39, 0.29) is 11.7 Å². The second-order valence-corrected chi connectivity index (χ2v) is 5.59. The lowest BCUT2D eigenvalue weighted by Crippen LogP contribution is -2.16. The van der Waals surface area contributed by atoms with Crippen molar-refractivity contribution in [2.24, 2.45) is 0 Å². The smallest absolute Gasteiger partial charge is 0.259 e. The Kier molecular flexibility index (Phi) is 5.49. The van der Waals surface area contributed by atoms with Gasteiger partial charge in [0, 0.05) is 22.5 Å². The van der Waals surface area contributed by atoms with E-state index >= 15 is 0 Å². The van der Waals surface area contributed by atoms with Gasteiger partial charge in [-0.2, -0.15) is 0 Å². The molecule has 2 aromatic rings. The highest BCUT2D eigenvalue weighted by molar-refractivity contribution is 14.1. The number of carbonyl (C=O) groups is 1. The van der Waals surface area contributed by atoms with E-state index in [9.17, 15) is 9.18 Å². The van der Waals surface area contributed by atoms with Crippen LogP contribution in [-0.2, 0) is 0 Å². The summed E-state index contributed by atoms with van der Waals surface area (Å²) < 4.78 is 13.7. The number of rotatable bonds is 5. The van der Waals surface area contributed by atoms with Gasteiger partial charge in [0.15, 0.2) is 0 Å². The molecule has 6 heteroatoms. The van der Waals surface area contributed by atoms with Gasteiger partial charge in [0.25, 0.3) is 5.91 Å². The molecule has 0 unspecified atom stereocenters. The third-order valence-electron chi connectivity index (χ3n) is 2.81. The Morgan fingerprint density at radius 3 is 2.86 bits per heavy atom. The fourth-order valence-electron chi connectivity index (χ4n) is 1.77. The first-order valence-electron chi connectivity index (χ1n) is 6.56. The van der Waals surface area contributed by atoms with Crippen LogP contribution >= 0.6 is 22.6 Å². The first-order chi connectivity index (χ1) is 10.1. The number of benzene rings is 1. The first kappa shape index (κ1) is 15.7. The average molecular weight is 399 g/mol. The van der Waals surface area contributed by atoms with Crippen molar-refractivity contribution in [2.45, 2.75) is 13.3 Å². The van der Waals surface area contributed by atoms with Gasteiger partial charge in [0.2, 0.25) is 0 Å². The number of amides is 1. The Bertz CT molecular complexity index is 649. The van der Waals surface area contributed by atoms with Crippen LogP contribution in [0.2, 0.25) is 0 Å². The van der Waals surface area contributed by atoms with E-state index in [1.54, 1.807) is 18.3 Å². The van der Waals surface area contributed by atoms with Crippen LogP contribution in [0.15, 0.2) is 36.7 Å². The second-order valence-electron chi connectivity index (χ2n) is 4.43. The molecule has 0 spiro atoms. The van der Waals surface area contributed by atoms with E-state index < -0.39 is 0 Å². The van der Waals surface area contributed by atoms with Crippen LogP contribution in [0.1, 0.15) is 23.7 Å². The number of aromatic nitrogens is 1. The molecule has 0 radical (unpaired) electrons. The van der Waals surface area contributed by atoms with Crippen LogP contribution in [0.25, 0.3) is 0 Å². The minimum Gasteiger partial charge on any atom is -0.384 e. The maximum atomic E-state index is 13.1. The molecular formula is C15H15FIN3O. The zero-order valence-corrected chi connectivity index (χ0v) is 13.6. The number of carbonyl (C=O) groups excluding carboxylic acids is 1. The van der Waals surface area contributed by atoms with Crippen LogP contribution in [0.4, 0.5) is 15.8 Å². The van der Waals surface area contributed by atoms with E-state index in [0.717, 1.165) is 18.7 Å². The number of halogens is 2. The number of hydrogen-bond donors (Lipinski definition) is 2. The summed E-state index contributed by atoms with van der Waals surface area (Å²) in [7, 11) is 0. The van der Waals surface area contributed by atoms with Crippen molar-refractivity contribution >= 4 is 39.9 Å². The zero-order valence-electron chi connectivity index (χ0n) is 11.5. The monoisotopic (exact) mass is 399 g/mol. The fourth-order valence-corrected chi connectivity index (χ4v) is 2.38. The lowest BCUT2D eigenvalue weighted by atomic mass is 10.2. The average Bonchev–Trinajstić information content (AvgIpc) is 2.48. The molecule has 2 N–H and O–H groups in total. The van der Waals surface area contributed by atoms with Crippen LogP contribution in [0.3, 0.4) is 0 Å². The van der Waals surface area contributed by atoms with Crippen molar-refractivity contribution in [1.82, 2.24) is 4.98 Å². The highest BCUT2D eigenvalue weighted by Gasteiger charge is 2.13. The molecule has 1 amide bonds. The molecule has 0 aliphatic rings. The van der Waals surface area contributed by atoms with Gasteiger partial charge < -0.3 is 10.6 Å². The summed E-state index contributed by atoms with van der Waals surface area (Å²) in [5.74, 6) is -0.602. The van der Waals surface area contributed by atoms with Crippen LogP contribution in [-0.4, -0.2) is 17.4 Å². The molecule has 2 rings (SSSR count). The van der Waals surface area contributed by atoms with Gasteiger partial charge in [-0.3, -0.25) is 9.78 Å². The van der Waals surface area contributed by atoms with Gasteiger partial charge in [-0.1, -0.05) is 6.92 Å². The van der Waals surface area contributed by atoms with E-state index in [2.05, 4.69) is 22.5 Å². The standard InChI is InChI=1S/C15H15FIN3O/c1-2-6-19-13-5-7-18-9-11(13)15(21)20-14-4-3-10(16)8-12(14)17/h3-5,7-9H,2,6H2,1H3,(H,18,19)(H,20,21). The molecule has 0 saturated heterocycles. The van der Waals surface area contributed by atoms with Crippen LogP contribution in [0, 0.1) is 9.39 Å². The quantitative estimate of drug-likeness (QED) is 0.750. The fraction of sp³-hybridized carbons (Fsp3) is 0.200. The van der Waals surface area contributed by atoms with E-state index in [1.165, 1.54) is 18.3 Å². The Labute approximate surface area is 136 Å². The van der Waals surface area contributed by atoms with Crippen molar-refractivity contribution in [3.8, 4) is 0 Å². The number of nitrogens with zero attached hydrogens (tertiary/aromatic N) is 1. The maximum Gasteiger partial charge on any atom is 0.259 e. The van der Waals surface area contributed by atoms with Gasteiger partial charge in [0.1, 0.15) is 5.82 Å². The van der Waals surface area contributed by atoms with Gasteiger partial charge in [-0.25, -0.2) is 4.39 Å². The van der Waals surface area contributed by atoms with Gasteiger partial charge >= 0.3 is 0 Å². The zero-order chi connectivity index (χ0) is 15.2. The molecule has 1 aromatic carbocycles. The Morgan fingerprint density at radius 1 is 1.33 bits per heavy atom. The highest BCUT2D eigenvalue weighted by atomic mass is 127. The SMILES string of the molecule is CCCNc1ccncc1C(=O)Nc1ccc(F)cc1I. The minimum atomic E-state index is -0.330.